The number of nitrogens with one attached hydrogen (secondary N) is 1. The third-order valence-corrected chi connectivity index (χ3v) is 3.93. The quantitative estimate of drug-likeness (QED) is 0.918. The Morgan fingerprint density at radius 1 is 1.40 bits per heavy atom. The maximum Gasteiger partial charge on any atom is 0.254 e. The summed E-state index contributed by atoms with van der Waals surface area (Å²) >= 11 is 0. The molecule has 1 heterocycles. The van der Waals surface area contributed by atoms with Gasteiger partial charge in [-0.2, -0.15) is 0 Å². The van der Waals surface area contributed by atoms with Crippen LogP contribution in [0.2, 0.25) is 0 Å². The highest BCUT2D eigenvalue weighted by atomic mass is 16.2. The van der Waals surface area contributed by atoms with Gasteiger partial charge in [0.15, 0.2) is 0 Å². The molecule has 1 aliphatic rings. The van der Waals surface area contributed by atoms with Gasteiger partial charge in [0, 0.05) is 43.5 Å². The van der Waals surface area contributed by atoms with E-state index >= 15 is 0 Å². The first kappa shape index (κ1) is 14.9. The number of hydrogen-bond acceptors (Lipinski definition) is 3. The van der Waals surface area contributed by atoms with Gasteiger partial charge in [0.1, 0.15) is 0 Å². The van der Waals surface area contributed by atoms with Crippen LogP contribution >= 0.6 is 0 Å². The summed E-state index contributed by atoms with van der Waals surface area (Å²) in [5.41, 5.74) is 3.02. The van der Waals surface area contributed by atoms with Gasteiger partial charge in [-0.15, -0.1) is 0 Å². The number of rotatable bonds is 3. The summed E-state index contributed by atoms with van der Waals surface area (Å²) in [7, 11) is 2.10. The lowest BCUT2D eigenvalue weighted by Gasteiger charge is -2.38. The van der Waals surface area contributed by atoms with Crippen molar-refractivity contribution in [1.82, 2.24) is 9.80 Å². The van der Waals surface area contributed by atoms with Gasteiger partial charge in [-0.3, -0.25) is 4.79 Å². The van der Waals surface area contributed by atoms with Crippen LogP contribution in [-0.2, 0) is 0 Å². The van der Waals surface area contributed by atoms with E-state index in [9.17, 15) is 4.79 Å². The fraction of sp³-hybridized carbons (Fsp3) is 0.562. The summed E-state index contributed by atoms with van der Waals surface area (Å²) in [5.74, 6) is 0.150. The highest BCUT2D eigenvalue weighted by Gasteiger charge is 2.26. The number of likely N-dealkylation sites (N-methyl/N-ethyl adjacent to an activating group) is 1. The molecular formula is C16H25N3O. The second-order valence-corrected chi connectivity index (χ2v) is 5.67. The molecule has 1 atom stereocenters. The van der Waals surface area contributed by atoms with Gasteiger partial charge in [0.25, 0.3) is 5.91 Å². The topological polar surface area (TPSA) is 35.6 Å². The average molecular weight is 275 g/mol. The van der Waals surface area contributed by atoms with Crippen molar-refractivity contribution < 1.29 is 4.79 Å². The second-order valence-electron chi connectivity index (χ2n) is 5.67. The van der Waals surface area contributed by atoms with E-state index in [1.165, 1.54) is 0 Å². The highest BCUT2D eigenvalue weighted by molar-refractivity contribution is 5.95. The molecule has 1 saturated heterocycles. The molecule has 1 aromatic carbocycles. The standard InChI is InChI=1S/C16H25N3O/c1-5-17-15-7-6-14(10-12(15)2)16(20)19-9-8-18(4)11-13(19)3/h6-7,10,13,17H,5,8-9,11H2,1-4H3. The van der Waals surface area contributed by atoms with E-state index in [4.69, 9.17) is 0 Å². The molecule has 4 heteroatoms. The van der Waals surface area contributed by atoms with Crippen LogP contribution in [0.4, 0.5) is 5.69 Å². The molecular weight excluding hydrogens is 250 g/mol. The molecule has 1 aromatic rings. The van der Waals surface area contributed by atoms with E-state index in [2.05, 4.69) is 31.1 Å². The molecule has 0 saturated carbocycles. The van der Waals surface area contributed by atoms with Crippen molar-refractivity contribution >= 4 is 11.6 Å². The minimum absolute atomic E-state index is 0.150. The van der Waals surface area contributed by atoms with Gasteiger partial charge in [0.2, 0.25) is 0 Å². The molecule has 1 N–H and O–H groups in total. The zero-order chi connectivity index (χ0) is 14.7. The van der Waals surface area contributed by atoms with Crippen LogP contribution < -0.4 is 5.32 Å². The Morgan fingerprint density at radius 2 is 2.15 bits per heavy atom. The van der Waals surface area contributed by atoms with Crippen LogP contribution in [-0.4, -0.2) is 55.0 Å². The fourth-order valence-electron chi connectivity index (χ4n) is 2.79. The van der Waals surface area contributed by atoms with Gasteiger partial charge in [-0.1, -0.05) is 0 Å². The molecule has 110 valence electrons. The lowest BCUT2D eigenvalue weighted by Crippen LogP contribution is -2.52. The number of carbonyl (C=O) groups excluding carboxylic acids is 1. The van der Waals surface area contributed by atoms with Crippen LogP contribution in [0.15, 0.2) is 18.2 Å². The molecule has 1 aliphatic heterocycles. The van der Waals surface area contributed by atoms with Gasteiger partial charge < -0.3 is 15.1 Å². The van der Waals surface area contributed by atoms with Crippen molar-refractivity contribution in [2.45, 2.75) is 26.8 Å². The molecule has 1 unspecified atom stereocenters. The van der Waals surface area contributed by atoms with Crippen LogP contribution in [0.3, 0.4) is 0 Å². The fourth-order valence-corrected chi connectivity index (χ4v) is 2.79. The lowest BCUT2D eigenvalue weighted by molar-refractivity contribution is 0.0533. The summed E-state index contributed by atoms with van der Waals surface area (Å²) in [5, 5.41) is 3.30. The Kier molecular flexibility index (Phi) is 4.65. The number of amides is 1. The van der Waals surface area contributed by atoms with Crippen LogP contribution in [0.5, 0.6) is 0 Å². The minimum atomic E-state index is 0.150. The number of carbonyl (C=O) groups is 1. The second kappa shape index (κ2) is 6.27. The number of nitrogens with zero attached hydrogens (tertiary/aromatic N) is 2. The Balaban J connectivity index is 2.15. The molecule has 2 rings (SSSR count). The number of aryl methyl sites for hydroxylation is 1. The van der Waals surface area contributed by atoms with Gasteiger partial charge in [-0.25, -0.2) is 0 Å². The van der Waals surface area contributed by atoms with Crippen molar-refractivity contribution in [2.75, 3.05) is 38.5 Å². The predicted molar refractivity (Wildman–Crippen MR) is 83.3 cm³/mol. The monoisotopic (exact) mass is 275 g/mol. The van der Waals surface area contributed by atoms with Crippen LogP contribution in [0.1, 0.15) is 29.8 Å². The number of benzene rings is 1. The number of piperazine rings is 1. The van der Waals surface area contributed by atoms with Gasteiger partial charge in [0.05, 0.1) is 0 Å². The molecule has 1 fully saturated rings. The summed E-state index contributed by atoms with van der Waals surface area (Å²) in [6.07, 6.45) is 0. The van der Waals surface area contributed by atoms with Gasteiger partial charge >= 0.3 is 0 Å². The summed E-state index contributed by atoms with van der Waals surface area (Å²) in [6, 6.07) is 6.20. The van der Waals surface area contributed by atoms with Gasteiger partial charge in [-0.05, 0) is 51.6 Å². The van der Waals surface area contributed by atoms with Crippen molar-refractivity contribution in [1.29, 1.82) is 0 Å². The third kappa shape index (κ3) is 3.12. The summed E-state index contributed by atoms with van der Waals surface area (Å²) in [6.45, 7) is 9.83. The molecule has 0 spiro atoms. The van der Waals surface area contributed by atoms with Crippen LogP contribution in [0.25, 0.3) is 0 Å². The summed E-state index contributed by atoms with van der Waals surface area (Å²) in [4.78, 5) is 16.9. The molecule has 4 nitrogen and oxygen atoms in total. The number of anilines is 1. The zero-order valence-electron chi connectivity index (χ0n) is 12.9. The first-order chi connectivity index (χ1) is 9.52. The largest absolute Gasteiger partial charge is 0.385 e. The van der Waals surface area contributed by atoms with Crippen molar-refractivity contribution in [3.63, 3.8) is 0 Å². The minimum Gasteiger partial charge on any atom is -0.385 e. The Hall–Kier alpha value is -1.55. The molecule has 0 aliphatic carbocycles. The van der Waals surface area contributed by atoms with E-state index in [1.807, 2.05) is 30.0 Å². The SMILES string of the molecule is CCNc1ccc(C(=O)N2CCN(C)CC2C)cc1C. The van der Waals surface area contributed by atoms with Crippen molar-refractivity contribution in [3.05, 3.63) is 29.3 Å². The molecule has 0 radical (unpaired) electrons. The van der Waals surface area contributed by atoms with E-state index in [0.29, 0.717) is 0 Å². The first-order valence-electron chi connectivity index (χ1n) is 7.37. The molecule has 0 aromatic heterocycles. The van der Waals surface area contributed by atoms with Crippen LogP contribution in [0, 0.1) is 6.92 Å². The molecule has 1 amide bonds. The lowest BCUT2D eigenvalue weighted by atomic mass is 10.1. The highest BCUT2D eigenvalue weighted by Crippen LogP contribution is 2.19. The van der Waals surface area contributed by atoms with Crippen molar-refractivity contribution in [2.24, 2.45) is 0 Å². The first-order valence-corrected chi connectivity index (χ1v) is 7.37. The molecule has 0 bridgehead atoms. The Morgan fingerprint density at radius 3 is 2.75 bits per heavy atom. The average Bonchev–Trinajstić information content (AvgIpc) is 2.40. The van der Waals surface area contributed by atoms with E-state index in [0.717, 1.165) is 43.0 Å². The smallest absolute Gasteiger partial charge is 0.254 e. The maximum absolute atomic E-state index is 12.6. The molecule has 20 heavy (non-hydrogen) atoms. The van der Waals surface area contributed by atoms with Crippen molar-refractivity contribution in [3.8, 4) is 0 Å². The van der Waals surface area contributed by atoms with E-state index in [1.54, 1.807) is 0 Å². The summed E-state index contributed by atoms with van der Waals surface area (Å²) < 4.78 is 0. The third-order valence-electron chi connectivity index (χ3n) is 3.93. The predicted octanol–water partition coefficient (Wildman–Crippen LogP) is 2.20. The maximum atomic E-state index is 12.6. The Labute approximate surface area is 121 Å². The number of hydrogen-bond donors (Lipinski definition) is 1. The van der Waals surface area contributed by atoms with E-state index in [-0.39, 0.29) is 11.9 Å². The van der Waals surface area contributed by atoms with E-state index < -0.39 is 0 Å². The zero-order valence-corrected chi connectivity index (χ0v) is 12.9. The normalized spacial score (nSPS) is 20.0. The Bertz CT molecular complexity index is 487.